The van der Waals surface area contributed by atoms with E-state index in [9.17, 15) is 35.9 Å². The number of carbonyl (C=O) groups is 2. The highest BCUT2D eigenvalue weighted by molar-refractivity contribution is 5.97. The minimum atomic E-state index is -5.12. The number of aromatic nitrogens is 1. The van der Waals surface area contributed by atoms with E-state index in [1.807, 2.05) is 6.07 Å². The fourth-order valence-electron chi connectivity index (χ4n) is 3.87. The van der Waals surface area contributed by atoms with Crippen molar-refractivity contribution in [3.05, 3.63) is 94.8 Å². The number of nitrogens with zero attached hydrogens (tertiary/aromatic N) is 3. The monoisotopic (exact) mass is 555 g/mol. The number of hydrogen-bond acceptors (Lipinski definition) is 3. The highest BCUT2D eigenvalue weighted by Crippen LogP contribution is 2.36. The third-order valence-corrected chi connectivity index (χ3v) is 5.99. The minimum Gasteiger partial charge on any atom is -0.383 e. The van der Waals surface area contributed by atoms with Crippen molar-refractivity contribution in [2.24, 2.45) is 7.05 Å². The number of rotatable bonds is 10. The van der Waals surface area contributed by atoms with Crippen LogP contribution in [0.3, 0.4) is 0 Å². The Bertz CT molecular complexity index is 1240. The van der Waals surface area contributed by atoms with Crippen LogP contribution in [0.5, 0.6) is 0 Å². The second-order valence-electron chi connectivity index (χ2n) is 8.86. The fraction of sp³-hybridized carbons (Fsp3) is 0.333. The van der Waals surface area contributed by atoms with Gasteiger partial charge < -0.3 is 19.1 Å². The van der Waals surface area contributed by atoms with Crippen molar-refractivity contribution in [1.29, 1.82) is 0 Å². The number of halogens is 6. The molecule has 1 heterocycles. The first-order valence-electron chi connectivity index (χ1n) is 11.8. The smallest absolute Gasteiger partial charge is 0.383 e. The van der Waals surface area contributed by atoms with E-state index in [2.05, 4.69) is 0 Å². The summed E-state index contributed by atoms with van der Waals surface area (Å²) in [5.41, 5.74) is -2.50. The van der Waals surface area contributed by atoms with Crippen molar-refractivity contribution in [3.63, 3.8) is 0 Å². The molecule has 12 heteroatoms. The molecule has 210 valence electrons. The summed E-state index contributed by atoms with van der Waals surface area (Å²) >= 11 is 0. The van der Waals surface area contributed by atoms with E-state index in [0.29, 0.717) is 12.1 Å². The average Bonchev–Trinajstić information content (AvgIpc) is 3.29. The van der Waals surface area contributed by atoms with Gasteiger partial charge in [-0.15, -0.1) is 0 Å². The van der Waals surface area contributed by atoms with Gasteiger partial charge in [0.25, 0.3) is 5.91 Å². The second-order valence-corrected chi connectivity index (χ2v) is 8.86. The molecule has 0 fully saturated rings. The maximum Gasteiger partial charge on any atom is 0.416 e. The van der Waals surface area contributed by atoms with Crippen molar-refractivity contribution in [1.82, 2.24) is 14.4 Å². The Kier molecular flexibility index (Phi) is 9.44. The molecular weight excluding hydrogens is 528 g/mol. The predicted octanol–water partition coefficient (Wildman–Crippen LogP) is 5.38. The molecule has 0 saturated heterocycles. The van der Waals surface area contributed by atoms with E-state index in [1.165, 1.54) is 12.0 Å². The molecule has 0 radical (unpaired) electrons. The first kappa shape index (κ1) is 29.8. The zero-order valence-corrected chi connectivity index (χ0v) is 21.2. The number of carbonyl (C=O) groups excluding carboxylic acids is 2. The van der Waals surface area contributed by atoms with Crippen molar-refractivity contribution >= 4 is 11.8 Å². The Morgan fingerprint density at radius 1 is 0.846 bits per heavy atom. The molecule has 2 amide bonds. The number of ether oxygens (including phenoxy) is 1. The molecule has 0 aliphatic carbocycles. The van der Waals surface area contributed by atoms with E-state index >= 15 is 0 Å². The van der Waals surface area contributed by atoms with Crippen LogP contribution in [0.15, 0.2) is 66.9 Å². The Hall–Kier alpha value is -3.80. The summed E-state index contributed by atoms with van der Waals surface area (Å²) in [5, 5.41) is 0. The third kappa shape index (κ3) is 8.09. The fourth-order valence-corrected chi connectivity index (χ4v) is 3.87. The summed E-state index contributed by atoms with van der Waals surface area (Å²) in [6, 6.07) is 13.3. The molecule has 0 atom stereocenters. The van der Waals surface area contributed by atoms with Gasteiger partial charge in [-0.2, -0.15) is 26.3 Å². The molecule has 0 N–H and O–H groups in total. The number of benzene rings is 2. The van der Waals surface area contributed by atoms with E-state index in [-0.39, 0.29) is 32.3 Å². The minimum absolute atomic E-state index is 0.0527. The lowest BCUT2D eigenvalue weighted by molar-refractivity contribution is -0.143. The van der Waals surface area contributed by atoms with Crippen LogP contribution in [0.4, 0.5) is 26.3 Å². The topological polar surface area (TPSA) is 54.8 Å². The standard InChI is InChI=1S/C27H27F6N3O3/c1-34-10-6-9-23(34)17-36(16-19-7-4-3-5-8-19)24(37)18-35(11-12-39-2)25(38)20-13-21(26(28,29)30)15-22(14-20)27(31,32)33/h3-10,13-15H,11-12,16-18H2,1-2H3. The van der Waals surface area contributed by atoms with Crippen LogP contribution in [-0.4, -0.2) is 53.0 Å². The van der Waals surface area contributed by atoms with Gasteiger partial charge in [-0.25, -0.2) is 0 Å². The van der Waals surface area contributed by atoms with Gasteiger partial charge in [0.15, 0.2) is 0 Å². The molecule has 0 aliphatic heterocycles. The van der Waals surface area contributed by atoms with Gasteiger partial charge in [0.05, 0.1) is 24.3 Å². The van der Waals surface area contributed by atoms with Gasteiger partial charge in [0.1, 0.15) is 6.54 Å². The molecule has 0 bridgehead atoms. The largest absolute Gasteiger partial charge is 0.416 e. The molecule has 6 nitrogen and oxygen atoms in total. The van der Waals surface area contributed by atoms with E-state index in [4.69, 9.17) is 4.74 Å². The summed E-state index contributed by atoms with van der Waals surface area (Å²) in [4.78, 5) is 29.1. The van der Waals surface area contributed by atoms with Gasteiger partial charge in [-0.1, -0.05) is 30.3 Å². The number of methoxy groups -OCH3 is 1. The lowest BCUT2D eigenvalue weighted by Gasteiger charge is -2.28. The predicted molar refractivity (Wildman–Crippen MR) is 130 cm³/mol. The van der Waals surface area contributed by atoms with E-state index < -0.39 is 47.4 Å². The number of amides is 2. The molecule has 1 aromatic heterocycles. The highest BCUT2D eigenvalue weighted by atomic mass is 19.4. The number of aryl methyl sites for hydroxylation is 1. The maximum atomic E-state index is 13.5. The molecule has 0 saturated carbocycles. The zero-order valence-electron chi connectivity index (χ0n) is 21.2. The summed E-state index contributed by atoms with van der Waals surface area (Å²) in [5.74, 6) is -1.71. The third-order valence-electron chi connectivity index (χ3n) is 5.99. The van der Waals surface area contributed by atoms with Gasteiger partial charge in [0.2, 0.25) is 5.91 Å². The second kappa shape index (κ2) is 12.4. The normalized spacial score (nSPS) is 11.9. The average molecular weight is 556 g/mol. The number of alkyl halides is 6. The lowest BCUT2D eigenvalue weighted by Crippen LogP contribution is -2.44. The Balaban J connectivity index is 1.94. The molecular formula is C27H27F6N3O3. The summed E-state index contributed by atoms with van der Waals surface area (Å²) in [6.07, 6.45) is -8.45. The summed E-state index contributed by atoms with van der Waals surface area (Å²) in [7, 11) is 3.11. The van der Waals surface area contributed by atoms with Crippen molar-refractivity contribution in [3.8, 4) is 0 Å². The molecule has 3 aromatic rings. The molecule has 39 heavy (non-hydrogen) atoms. The van der Waals surface area contributed by atoms with Crippen LogP contribution in [0.25, 0.3) is 0 Å². The molecule has 0 spiro atoms. The van der Waals surface area contributed by atoms with E-state index in [1.54, 1.807) is 54.2 Å². The highest BCUT2D eigenvalue weighted by Gasteiger charge is 2.38. The number of hydrogen-bond donors (Lipinski definition) is 0. The SMILES string of the molecule is COCCN(CC(=O)N(Cc1ccccc1)Cc1cccn1C)C(=O)c1cc(C(F)(F)F)cc(C(F)(F)F)c1. The molecule has 3 rings (SSSR count). The van der Waals surface area contributed by atoms with E-state index in [0.717, 1.165) is 16.2 Å². The Morgan fingerprint density at radius 2 is 1.46 bits per heavy atom. The van der Waals surface area contributed by atoms with Crippen LogP contribution in [0.1, 0.15) is 32.7 Å². The van der Waals surface area contributed by atoms with Crippen LogP contribution in [0, 0.1) is 0 Å². The van der Waals surface area contributed by atoms with Crippen LogP contribution in [0.2, 0.25) is 0 Å². The molecule has 0 aliphatic rings. The Morgan fingerprint density at radius 3 is 1.97 bits per heavy atom. The van der Waals surface area contributed by atoms with Gasteiger partial charge in [-0.05, 0) is 35.9 Å². The summed E-state index contributed by atoms with van der Waals surface area (Å²) < 4.78 is 87.0. The van der Waals surface area contributed by atoms with Gasteiger partial charge in [0, 0.05) is 44.7 Å². The lowest BCUT2D eigenvalue weighted by atomic mass is 10.0. The molecule has 2 aromatic carbocycles. The van der Waals surface area contributed by atoms with Crippen molar-refractivity contribution < 1.29 is 40.7 Å². The van der Waals surface area contributed by atoms with Crippen LogP contribution in [-0.2, 0) is 42.0 Å². The zero-order chi connectivity index (χ0) is 28.8. The van der Waals surface area contributed by atoms with Crippen LogP contribution < -0.4 is 0 Å². The summed E-state index contributed by atoms with van der Waals surface area (Å²) in [6.45, 7) is -0.593. The van der Waals surface area contributed by atoms with Crippen molar-refractivity contribution in [2.75, 3.05) is 26.8 Å². The first-order valence-corrected chi connectivity index (χ1v) is 11.8. The van der Waals surface area contributed by atoms with Gasteiger partial charge >= 0.3 is 12.4 Å². The van der Waals surface area contributed by atoms with Crippen LogP contribution >= 0.6 is 0 Å². The molecule has 0 unspecified atom stereocenters. The van der Waals surface area contributed by atoms with Crippen molar-refractivity contribution in [2.45, 2.75) is 25.4 Å². The Labute approximate surface area is 221 Å². The van der Waals surface area contributed by atoms with Gasteiger partial charge in [-0.3, -0.25) is 9.59 Å². The quantitative estimate of drug-likeness (QED) is 0.316. The first-order chi connectivity index (χ1) is 18.3. The maximum absolute atomic E-state index is 13.5.